The minimum atomic E-state index is -0.429. The maximum atomic E-state index is 12.3. The Bertz CT molecular complexity index is 769. The van der Waals surface area contributed by atoms with Gasteiger partial charge in [0.15, 0.2) is 0 Å². The molecule has 1 aliphatic carbocycles. The number of anilines is 1. The van der Waals surface area contributed by atoms with Crippen LogP contribution in [0.15, 0.2) is 28.4 Å². The molecule has 1 saturated carbocycles. The zero-order valence-electron chi connectivity index (χ0n) is 13.7. The summed E-state index contributed by atoms with van der Waals surface area (Å²) in [6.45, 7) is 2.05. The molecule has 2 atom stereocenters. The van der Waals surface area contributed by atoms with Crippen molar-refractivity contribution in [3.8, 4) is 10.6 Å². The Kier molecular flexibility index (Phi) is 4.99. The minimum Gasteiger partial charge on any atom is -0.394 e. The number of nitrogen functional groups attached to an aromatic ring is 1. The lowest BCUT2D eigenvalue weighted by molar-refractivity contribution is -0.123. The zero-order chi connectivity index (χ0) is 17.1. The summed E-state index contributed by atoms with van der Waals surface area (Å²) in [7, 11) is 0. The fourth-order valence-electron chi connectivity index (χ4n) is 3.13. The summed E-state index contributed by atoms with van der Waals surface area (Å²) in [6.07, 6.45) is 4.47. The van der Waals surface area contributed by atoms with Gasteiger partial charge < -0.3 is 11.1 Å². The third-order valence-electron chi connectivity index (χ3n) is 4.53. The molecule has 0 spiro atoms. The number of nitrogens with one attached hydrogen (secondary N) is 1. The molecule has 6 nitrogen and oxygen atoms in total. The van der Waals surface area contributed by atoms with Crippen LogP contribution in [0.4, 0.5) is 5.69 Å². The van der Waals surface area contributed by atoms with Crippen molar-refractivity contribution in [2.24, 2.45) is 5.92 Å². The largest absolute Gasteiger partial charge is 0.394 e. The average Bonchev–Trinajstić information content (AvgIpc) is 3.08. The molecule has 1 aliphatic rings. The Morgan fingerprint density at radius 2 is 2.25 bits per heavy atom. The van der Waals surface area contributed by atoms with Gasteiger partial charge in [-0.1, -0.05) is 25.8 Å². The number of hydrogen-bond acceptors (Lipinski definition) is 5. The second-order valence-electron chi connectivity index (χ2n) is 6.36. The van der Waals surface area contributed by atoms with Crippen molar-refractivity contribution in [1.82, 2.24) is 15.1 Å². The van der Waals surface area contributed by atoms with Gasteiger partial charge in [-0.25, -0.2) is 4.68 Å². The van der Waals surface area contributed by atoms with Crippen molar-refractivity contribution < 1.29 is 4.79 Å². The van der Waals surface area contributed by atoms with Gasteiger partial charge in [0.1, 0.15) is 17.9 Å². The van der Waals surface area contributed by atoms with E-state index in [9.17, 15) is 9.59 Å². The highest BCUT2D eigenvalue weighted by atomic mass is 32.1. The summed E-state index contributed by atoms with van der Waals surface area (Å²) >= 11 is 1.51. The lowest BCUT2D eigenvalue weighted by Crippen LogP contribution is -2.44. The smallest absolute Gasteiger partial charge is 0.290 e. The average molecular weight is 346 g/mol. The molecular formula is C17H22N4O2S. The van der Waals surface area contributed by atoms with Crippen LogP contribution in [0.2, 0.25) is 0 Å². The van der Waals surface area contributed by atoms with Crippen molar-refractivity contribution in [2.75, 3.05) is 5.73 Å². The summed E-state index contributed by atoms with van der Waals surface area (Å²) < 4.78 is 1.16. The third kappa shape index (κ3) is 3.67. The molecule has 0 saturated heterocycles. The molecule has 3 N–H and O–H groups in total. The van der Waals surface area contributed by atoms with Crippen LogP contribution >= 0.6 is 11.3 Å². The normalized spacial score (nSPS) is 20.7. The van der Waals surface area contributed by atoms with E-state index < -0.39 is 5.56 Å². The highest BCUT2D eigenvalue weighted by molar-refractivity contribution is 7.13. The minimum absolute atomic E-state index is 0.104. The second-order valence-corrected chi connectivity index (χ2v) is 7.31. The van der Waals surface area contributed by atoms with E-state index in [2.05, 4.69) is 17.3 Å². The Hall–Kier alpha value is -2.15. The number of rotatable bonds is 4. The van der Waals surface area contributed by atoms with Gasteiger partial charge in [-0.15, -0.1) is 11.3 Å². The molecule has 1 fully saturated rings. The van der Waals surface area contributed by atoms with Gasteiger partial charge in [-0.05, 0) is 36.3 Å². The van der Waals surface area contributed by atoms with Crippen molar-refractivity contribution >= 4 is 22.9 Å². The van der Waals surface area contributed by atoms with Crippen LogP contribution in [0.3, 0.4) is 0 Å². The highest BCUT2D eigenvalue weighted by Gasteiger charge is 2.23. The first kappa shape index (κ1) is 16.7. The fourth-order valence-corrected chi connectivity index (χ4v) is 3.81. The summed E-state index contributed by atoms with van der Waals surface area (Å²) in [4.78, 5) is 25.4. The van der Waals surface area contributed by atoms with E-state index in [1.54, 1.807) is 6.07 Å². The van der Waals surface area contributed by atoms with Gasteiger partial charge in [0.2, 0.25) is 5.91 Å². The van der Waals surface area contributed by atoms with E-state index in [1.807, 2.05) is 17.5 Å². The predicted molar refractivity (Wildman–Crippen MR) is 95.8 cm³/mol. The van der Waals surface area contributed by atoms with Gasteiger partial charge in [0, 0.05) is 6.04 Å². The number of nitrogens with two attached hydrogens (primary N) is 1. The van der Waals surface area contributed by atoms with Gasteiger partial charge in [0.25, 0.3) is 5.56 Å². The molecule has 128 valence electrons. The van der Waals surface area contributed by atoms with Crippen LogP contribution in [0.1, 0.15) is 32.6 Å². The molecular weight excluding hydrogens is 324 g/mol. The maximum Gasteiger partial charge on any atom is 0.290 e. The SMILES string of the molecule is CC1CCCCC1NC(=O)Cn1nc(-c2cccs2)cc(N)c1=O. The molecule has 0 aromatic carbocycles. The van der Waals surface area contributed by atoms with Gasteiger partial charge in [-0.2, -0.15) is 5.10 Å². The van der Waals surface area contributed by atoms with Gasteiger partial charge in [-0.3, -0.25) is 9.59 Å². The third-order valence-corrected chi connectivity index (χ3v) is 5.42. The number of thiophene rings is 1. The molecule has 3 rings (SSSR count). The monoisotopic (exact) mass is 346 g/mol. The van der Waals surface area contributed by atoms with E-state index >= 15 is 0 Å². The quantitative estimate of drug-likeness (QED) is 0.888. The lowest BCUT2D eigenvalue weighted by Gasteiger charge is -2.29. The van der Waals surface area contributed by atoms with E-state index in [0.29, 0.717) is 11.6 Å². The zero-order valence-corrected chi connectivity index (χ0v) is 14.5. The number of carbonyl (C=O) groups is 1. The fraction of sp³-hybridized carbons (Fsp3) is 0.471. The molecule has 24 heavy (non-hydrogen) atoms. The van der Waals surface area contributed by atoms with Crippen molar-refractivity contribution in [3.05, 3.63) is 33.9 Å². The second kappa shape index (κ2) is 7.17. The van der Waals surface area contributed by atoms with Gasteiger partial charge >= 0.3 is 0 Å². The Morgan fingerprint density at radius 3 is 2.96 bits per heavy atom. The maximum absolute atomic E-state index is 12.3. The van der Waals surface area contributed by atoms with Crippen molar-refractivity contribution in [3.63, 3.8) is 0 Å². The van der Waals surface area contributed by atoms with Gasteiger partial charge in [0.05, 0.1) is 4.88 Å². The molecule has 0 bridgehead atoms. The number of amides is 1. The Labute approximate surface area is 144 Å². The van der Waals surface area contributed by atoms with Crippen LogP contribution in [-0.2, 0) is 11.3 Å². The van der Waals surface area contributed by atoms with E-state index in [-0.39, 0.29) is 24.2 Å². The van der Waals surface area contributed by atoms with E-state index in [1.165, 1.54) is 17.8 Å². The standard InChI is InChI=1S/C17H22N4O2S/c1-11-5-2-3-6-13(11)19-16(22)10-21-17(23)12(18)9-14(20-21)15-7-4-8-24-15/h4,7-9,11,13H,2-3,5-6,10,18H2,1H3,(H,19,22). The summed E-state index contributed by atoms with van der Waals surface area (Å²) in [5.41, 5.74) is 6.10. The molecule has 2 aromatic rings. The Morgan fingerprint density at radius 1 is 1.46 bits per heavy atom. The first-order valence-electron chi connectivity index (χ1n) is 8.25. The van der Waals surface area contributed by atoms with E-state index in [4.69, 9.17) is 5.73 Å². The molecule has 1 amide bonds. The molecule has 2 heterocycles. The lowest BCUT2D eigenvalue weighted by atomic mass is 9.86. The molecule has 0 radical (unpaired) electrons. The first-order chi connectivity index (χ1) is 11.5. The van der Waals surface area contributed by atoms with Crippen LogP contribution in [0, 0.1) is 5.92 Å². The summed E-state index contributed by atoms with van der Waals surface area (Å²) in [5.74, 6) is 0.279. The topological polar surface area (TPSA) is 90.0 Å². The molecule has 7 heteroatoms. The summed E-state index contributed by atoms with van der Waals surface area (Å²) in [6, 6.07) is 5.56. The molecule has 2 aromatic heterocycles. The number of carbonyl (C=O) groups excluding carboxylic acids is 1. The predicted octanol–water partition coefficient (Wildman–Crippen LogP) is 2.25. The number of nitrogens with zero attached hydrogens (tertiary/aromatic N) is 2. The number of aromatic nitrogens is 2. The number of hydrogen-bond donors (Lipinski definition) is 2. The van der Waals surface area contributed by atoms with Crippen LogP contribution in [0.5, 0.6) is 0 Å². The van der Waals surface area contributed by atoms with Crippen LogP contribution < -0.4 is 16.6 Å². The van der Waals surface area contributed by atoms with E-state index in [0.717, 1.165) is 28.8 Å². The van der Waals surface area contributed by atoms with Crippen molar-refractivity contribution in [2.45, 2.75) is 45.2 Å². The molecule has 2 unspecified atom stereocenters. The molecule has 0 aliphatic heterocycles. The first-order valence-corrected chi connectivity index (χ1v) is 9.13. The van der Waals surface area contributed by atoms with Crippen LogP contribution in [0.25, 0.3) is 10.6 Å². The van der Waals surface area contributed by atoms with Crippen LogP contribution in [-0.4, -0.2) is 21.7 Å². The van der Waals surface area contributed by atoms with Crippen molar-refractivity contribution in [1.29, 1.82) is 0 Å². The Balaban J connectivity index is 1.76. The highest BCUT2D eigenvalue weighted by Crippen LogP contribution is 2.24. The summed E-state index contributed by atoms with van der Waals surface area (Å²) in [5, 5.41) is 9.27.